The zero-order valence-corrected chi connectivity index (χ0v) is 9.97. The van der Waals surface area contributed by atoms with Crippen molar-refractivity contribution < 1.29 is 4.79 Å². The van der Waals surface area contributed by atoms with Gasteiger partial charge in [-0.15, -0.1) is 0 Å². The van der Waals surface area contributed by atoms with E-state index in [1.54, 1.807) is 12.4 Å². The van der Waals surface area contributed by atoms with Crippen LogP contribution in [0.3, 0.4) is 0 Å². The quantitative estimate of drug-likeness (QED) is 0.755. The zero-order chi connectivity index (χ0) is 12.3. The first-order chi connectivity index (χ1) is 8.15. The highest BCUT2D eigenvalue weighted by Crippen LogP contribution is 2.09. The first-order valence-electron chi connectivity index (χ1n) is 5.52. The molecule has 2 aromatic heterocycles. The van der Waals surface area contributed by atoms with Crippen LogP contribution < -0.4 is 0 Å². The molecule has 0 radical (unpaired) electrons. The smallest absolute Gasteiger partial charge is 0.167 e. The van der Waals surface area contributed by atoms with E-state index in [2.05, 4.69) is 9.97 Å². The number of pyridine rings is 2. The first kappa shape index (κ1) is 11.5. The molecule has 2 heterocycles. The molecule has 3 nitrogen and oxygen atoms in total. The van der Waals surface area contributed by atoms with Crippen molar-refractivity contribution in [1.29, 1.82) is 0 Å². The van der Waals surface area contributed by atoms with E-state index in [9.17, 15) is 4.79 Å². The largest absolute Gasteiger partial charge is 0.294 e. The zero-order valence-electron chi connectivity index (χ0n) is 9.97. The number of carbonyl (C=O) groups excluding carboxylic acids is 1. The monoisotopic (exact) mass is 226 g/mol. The third-order valence-corrected chi connectivity index (χ3v) is 2.49. The molecule has 2 rings (SSSR count). The molecule has 0 aliphatic rings. The molecule has 0 fully saturated rings. The molecule has 0 aromatic carbocycles. The van der Waals surface area contributed by atoms with Crippen molar-refractivity contribution in [1.82, 2.24) is 9.97 Å². The van der Waals surface area contributed by atoms with Crippen molar-refractivity contribution in [2.24, 2.45) is 0 Å². The number of rotatable bonds is 3. The van der Waals surface area contributed by atoms with Crippen molar-refractivity contribution in [3.63, 3.8) is 0 Å². The predicted molar refractivity (Wildman–Crippen MR) is 66.0 cm³/mol. The third kappa shape index (κ3) is 2.97. The molecule has 0 saturated carbocycles. The van der Waals surface area contributed by atoms with E-state index < -0.39 is 0 Å². The SMILES string of the molecule is Cc1cc(C(=O)Cc2cccnc2)cc(C)n1. The Kier molecular flexibility index (Phi) is 3.28. The van der Waals surface area contributed by atoms with E-state index in [0.717, 1.165) is 22.5 Å². The molecule has 0 bridgehead atoms. The lowest BCUT2D eigenvalue weighted by molar-refractivity contribution is 0.0992. The van der Waals surface area contributed by atoms with Gasteiger partial charge in [-0.25, -0.2) is 0 Å². The molecule has 0 saturated heterocycles. The standard InChI is InChI=1S/C14H14N2O/c1-10-6-13(7-11(2)16-10)14(17)8-12-4-3-5-15-9-12/h3-7,9H,8H2,1-2H3. The van der Waals surface area contributed by atoms with E-state index in [1.807, 2.05) is 38.1 Å². The fraction of sp³-hybridized carbons (Fsp3) is 0.214. The van der Waals surface area contributed by atoms with E-state index in [1.165, 1.54) is 0 Å². The average molecular weight is 226 g/mol. The number of aryl methyl sites for hydroxylation is 2. The van der Waals surface area contributed by atoms with Crippen molar-refractivity contribution in [2.45, 2.75) is 20.3 Å². The molecule has 0 atom stereocenters. The topological polar surface area (TPSA) is 42.9 Å². The summed E-state index contributed by atoms with van der Waals surface area (Å²) >= 11 is 0. The molecule has 0 aliphatic carbocycles. The highest BCUT2D eigenvalue weighted by atomic mass is 16.1. The van der Waals surface area contributed by atoms with Crippen molar-refractivity contribution >= 4 is 5.78 Å². The van der Waals surface area contributed by atoms with E-state index in [4.69, 9.17) is 0 Å². The summed E-state index contributed by atoms with van der Waals surface area (Å²) in [6, 6.07) is 7.40. The number of hydrogen-bond acceptors (Lipinski definition) is 3. The number of aromatic nitrogens is 2. The molecule has 86 valence electrons. The normalized spacial score (nSPS) is 10.2. The van der Waals surface area contributed by atoms with Gasteiger partial charge in [0.15, 0.2) is 5.78 Å². The first-order valence-corrected chi connectivity index (χ1v) is 5.52. The van der Waals surface area contributed by atoms with Gasteiger partial charge < -0.3 is 0 Å². The van der Waals surface area contributed by atoms with Gasteiger partial charge in [-0.05, 0) is 37.6 Å². The van der Waals surface area contributed by atoms with E-state index in [0.29, 0.717) is 6.42 Å². The number of ketones is 1. The lowest BCUT2D eigenvalue weighted by Crippen LogP contribution is -2.05. The Bertz CT molecular complexity index is 515. The van der Waals surface area contributed by atoms with Crippen LogP contribution >= 0.6 is 0 Å². The number of carbonyl (C=O) groups is 1. The minimum Gasteiger partial charge on any atom is -0.294 e. The third-order valence-electron chi connectivity index (χ3n) is 2.49. The van der Waals surface area contributed by atoms with Crippen LogP contribution in [0.25, 0.3) is 0 Å². The highest BCUT2D eigenvalue weighted by molar-refractivity contribution is 5.97. The second-order valence-corrected chi connectivity index (χ2v) is 4.10. The Balaban J connectivity index is 2.20. The van der Waals surface area contributed by atoms with Crippen LogP contribution in [0.4, 0.5) is 0 Å². The molecular weight excluding hydrogens is 212 g/mol. The summed E-state index contributed by atoms with van der Waals surface area (Å²) in [5, 5.41) is 0. The Morgan fingerprint density at radius 1 is 1.24 bits per heavy atom. The second-order valence-electron chi connectivity index (χ2n) is 4.10. The Labute approximate surface area is 101 Å². The summed E-state index contributed by atoms with van der Waals surface area (Å²) in [6.07, 6.45) is 3.81. The van der Waals surface area contributed by atoms with Gasteiger partial charge in [0.05, 0.1) is 0 Å². The highest BCUT2D eigenvalue weighted by Gasteiger charge is 2.08. The average Bonchev–Trinajstić information content (AvgIpc) is 2.29. The van der Waals surface area contributed by atoms with Crippen LogP contribution in [0.2, 0.25) is 0 Å². The molecular formula is C14H14N2O. The fourth-order valence-electron chi connectivity index (χ4n) is 1.79. The number of hydrogen-bond donors (Lipinski definition) is 0. The van der Waals surface area contributed by atoms with E-state index in [-0.39, 0.29) is 5.78 Å². The van der Waals surface area contributed by atoms with Gasteiger partial charge in [0.1, 0.15) is 0 Å². The van der Waals surface area contributed by atoms with Crippen LogP contribution in [-0.4, -0.2) is 15.8 Å². The second kappa shape index (κ2) is 4.87. The summed E-state index contributed by atoms with van der Waals surface area (Å²) in [5.74, 6) is 0.103. The summed E-state index contributed by atoms with van der Waals surface area (Å²) in [7, 11) is 0. The van der Waals surface area contributed by atoms with Crippen LogP contribution in [-0.2, 0) is 6.42 Å². The van der Waals surface area contributed by atoms with Gasteiger partial charge in [0.25, 0.3) is 0 Å². The van der Waals surface area contributed by atoms with Crippen LogP contribution in [0, 0.1) is 13.8 Å². The van der Waals surface area contributed by atoms with Crippen LogP contribution in [0.15, 0.2) is 36.7 Å². The van der Waals surface area contributed by atoms with Gasteiger partial charge in [0, 0.05) is 35.8 Å². The number of Topliss-reactive ketones (excluding diaryl/α,β-unsaturated/α-hetero) is 1. The molecule has 3 heteroatoms. The molecule has 0 amide bonds. The van der Waals surface area contributed by atoms with Gasteiger partial charge in [-0.1, -0.05) is 6.07 Å². The fourth-order valence-corrected chi connectivity index (χ4v) is 1.79. The Morgan fingerprint density at radius 2 is 1.94 bits per heavy atom. The van der Waals surface area contributed by atoms with Gasteiger partial charge in [-0.2, -0.15) is 0 Å². The summed E-state index contributed by atoms with van der Waals surface area (Å²) < 4.78 is 0. The molecule has 0 N–H and O–H groups in total. The van der Waals surface area contributed by atoms with Crippen LogP contribution in [0.5, 0.6) is 0 Å². The Morgan fingerprint density at radius 3 is 2.53 bits per heavy atom. The Hall–Kier alpha value is -2.03. The summed E-state index contributed by atoms with van der Waals surface area (Å²) in [6.45, 7) is 3.79. The van der Waals surface area contributed by atoms with Crippen molar-refractivity contribution in [2.75, 3.05) is 0 Å². The van der Waals surface area contributed by atoms with Crippen LogP contribution in [0.1, 0.15) is 27.3 Å². The molecule has 0 spiro atoms. The predicted octanol–water partition coefficient (Wildman–Crippen LogP) is 2.52. The minimum atomic E-state index is 0.103. The molecule has 17 heavy (non-hydrogen) atoms. The van der Waals surface area contributed by atoms with Gasteiger partial charge in [0.2, 0.25) is 0 Å². The minimum absolute atomic E-state index is 0.103. The molecule has 2 aromatic rings. The van der Waals surface area contributed by atoms with Crippen molar-refractivity contribution in [3.8, 4) is 0 Å². The number of nitrogens with zero attached hydrogens (tertiary/aromatic N) is 2. The maximum Gasteiger partial charge on any atom is 0.167 e. The maximum atomic E-state index is 12.1. The molecule has 0 aliphatic heterocycles. The lowest BCUT2D eigenvalue weighted by Gasteiger charge is -2.03. The van der Waals surface area contributed by atoms with Gasteiger partial charge >= 0.3 is 0 Å². The maximum absolute atomic E-state index is 12.1. The van der Waals surface area contributed by atoms with E-state index >= 15 is 0 Å². The molecule has 0 unspecified atom stereocenters. The van der Waals surface area contributed by atoms with Crippen molar-refractivity contribution in [3.05, 3.63) is 59.2 Å². The summed E-state index contributed by atoms with van der Waals surface area (Å²) in [4.78, 5) is 20.3. The van der Waals surface area contributed by atoms with Gasteiger partial charge in [-0.3, -0.25) is 14.8 Å². The summed E-state index contributed by atoms with van der Waals surface area (Å²) in [5.41, 5.74) is 3.41. The lowest BCUT2D eigenvalue weighted by atomic mass is 10.0.